The second-order valence-corrected chi connectivity index (χ2v) is 4.62. The van der Waals surface area contributed by atoms with E-state index in [2.05, 4.69) is 36.5 Å². The molecule has 0 aliphatic heterocycles. The van der Waals surface area contributed by atoms with Crippen molar-refractivity contribution in [2.45, 2.75) is 13.5 Å². The number of hydrogen-bond donors (Lipinski definition) is 1. The molecule has 0 aromatic heterocycles. The van der Waals surface area contributed by atoms with Gasteiger partial charge in [0, 0.05) is 11.6 Å². The maximum absolute atomic E-state index is 5.99. The van der Waals surface area contributed by atoms with Crippen molar-refractivity contribution in [2.24, 2.45) is 0 Å². The van der Waals surface area contributed by atoms with Gasteiger partial charge in [-0.3, -0.25) is 0 Å². The lowest BCUT2D eigenvalue weighted by Gasteiger charge is -2.11. The van der Waals surface area contributed by atoms with Gasteiger partial charge in [0.05, 0.1) is 12.8 Å². The van der Waals surface area contributed by atoms with E-state index in [-0.39, 0.29) is 0 Å². The highest BCUT2D eigenvalue weighted by atomic mass is 35.5. The molecule has 0 fully saturated rings. The summed E-state index contributed by atoms with van der Waals surface area (Å²) in [6, 6.07) is 13.9. The first-order valence-corrected chi connectivity index (χ1v) is 6.20. The third kappa shape index (κ3) is 3.17. The highest BCUT2D eigenvalue weighted by Gasteiger charge is 2.03. The van der Waals surface area contributed by atoms with E-state index < -0.39 is 0 Å². The van der Waals surface area contributed by atoms with Crippen molar-refractivity contribution in [2.75, 3.05) is 12.4 Å². The number of methoxy groups -OCH3 is 1. The maximum Gasteiger partial charge on any atom is 0.142 e. The van der Waals surface area contributed by atoms with Crippen LogP contribution in [0.4, 0.5) is 5.69 Å². The number of ether oxygens (including phenoxy) is 1. The van der Waals surface area contributed by atoms with Crippen molar-refractivity contribution >= 4 is 17.3 Å². The smallest absolute Gasteiger partial charge is 0.142 e. The van der Waals surface area contributed by atoms with Crippen molar-refractivity contribution in [3.8, 4) is 5.75 Å². The van der Waals surface area contributed by atoms with Crippen molar-refractivity contribution in [1.29, 1.82) is 0 Å². The zero-order valence-corrected chi connectivity index (χ0v) is 11.3. The summed E-state index contributed by atoms with van der Waals surface area (Å²) in [5, 5.41) is 4.04. The quantitative estimate of drug-likeness (QED) is 0.888. The lowest BCUT2D eigenvalue weighted by atomic mass is 10.1. The average molecular weight is 262 g/mol. The predicted molar refractivity (Wildman–Crippen MR) is 76.5 cm³/mol. The molecule has 0 aliphatic rings. The summed E-state index contributed by atoms with van der Waals surface area (Å²) in [6.07, 6.45) is 0. The Hall–Kier alpha value is -1.67. The van der Waals surface area contributed by atoms with Gasteiger partial charge in [0.2, 0.25) is 0 Å². The first-order valence-electron chi connectivity index (χ1n) is 5.82. The lowest BCUT2D eigenvalue weighted by molar-refractivity contribution is 0.416. The summed E-state index contributed by atoms with van der Waals surface area (Å²) in [7, 11) is 1.65. The van der Waals surface area contributed by atoms with Crippen molar-refractivity contribution < 1.29 is 4.74 Å². The molecule has 0 saturated heterocycles. The standard InChI is InChI=1S/C15H16ClNO/c1-11-4-3-5-12(8-11)10-17-14-9-13(16)6-7-15(14)18-2/h3-9,17H,10H2,1-2H3. The third-order valence-corrected chi connectivity index (χ3v) is 2.96. The minimum atomic E-state index is 0.697. The second kappa shape index (κ2) is 5.78. The molecule has 0 aliphatic carbocycles. The van der Waals surface area contributed by atoms with Crippen molar-refractivity contribution in [3.05, 3.63) is 58.6 Å². The first kappa shape index (κ1) is 12.8. The van der Waals surface area contributed by atoms with Gasteiger partial charge < -0.3 is 10.1 Å². The number of benzene rings is 2. The van der Waals surface area contributed by atoms with E-state index in [1.807, 2.05) is 18.2 Å². The largest absolute Gasteiger partial charge is 0.495 e. The monoisotopic (exact) mass is 261 g/mol. The number of hydrogen-bond acceptors (Lipinski definition) is 2. The Morgan fingerprint density at radius 2 is 2.00 bits per heavy atom. The molecule has 0 unspecified atom stereocenters. The Bertz CT molecular complexity index is 540. The van der Waals surface area contributed by atoms with Crippen LogP contribution < -0.4 is 10.1 Å². The Morgan fingerprint density at radius 1 is 1.17 bits per heavy atom. The summed E-state index contributed by atoms with van der Waals surface area (Å²) in [5.41, 5.74) is 3.40. The number of rotatable bonds is 4. The summed E-state index contributed by atoms with van der Waals surface area (Å²) >= 11 is 5.99. The Labute approximate surface area is 113 Å². The molecule has 2 nitrogen and oxygen atoms in total. The average Bonchev–Trinajstić information content (AvgIpc) is 2.37. The normalized spacial score (nSPS) is 10.2. The summed E-state index contributed by atoms with van der Waals surface area (Å²) < 4.78 is 5.29. The zero-order chi connectivity index (χ0) is 13.0. The van der Waals surface area contributed by atoms with Crippen LogP contribution in [0.1, 0.15) is 11.1 Å². The first-order chi connectivity index (χ1) is 8.69. The van der Waals surface area contributed by atoms with Gasteiger partial charge >= 0.3 is 0 Å². The number of halogens is 1. The van der Waals surface area contributed by atoms with Crippen LogP contribution in [-0.2, 0) is 6.54 Å². The molecule has 0 saturated carbocycles. The van der Waals surface area contributed by atoms with Gasteiger partial charge in [-0.15, -0.1) is 0 Å². The Balaban J connectivity index is 2.12. The molecule has 2 rings (SSSR count). The Kier molecular flexibility index (Phi) is 4.11. The fourth-order valence-corrected chi connectivity index (χ4v) is 2.01. The van der Waals surface area contributed by atoms with E-state index in [4.69, 9.17) is 16.3 Å². The summed E-state index contributed by atoms with van der Waals surface area (Å²) in [5.74, 6) is 0.798. The van der Waals surface area contributed by atoms with Gasteiger partial charge in [0.1, 0.15) is 5.75 Å². The minimum Gasteiger partial charge on any atom is -0.495 e. The fourth-order valence-electron chi connectivity index (χ4n) is 1.84. The van der Waals surface area contributed by atoms with Crippen LogP contribution in [0.3, 0.4) is 0 Å². The van der Waals surface area contributed by atoms with E-state index in [0.717, 1.165) is 18.0 Å². The zero-order valence-electron chi connectivity index (χ0n) is 10.5. The van der Waals surface area contributed by atoms with Gasteiger partial charge in [-0.1, -0.05) is 41.4 Å². The molecule has 2 aromatic carbocycles. The van der Waals surface area contributed by atoms with Crippen LogP contribution in [0.15, 0.2) is 42.5 Å². The van der Waals surface area contributed by atoms with Crippen LogP contribution >= 0.6 is 11.6 Å². The highest BCUT2D eigenvalue weighted by Crippen LogP contribution is 2.28. The highest BCUT2D eigenvalue weighted by molar-refractivity contribution is 6.30. The van der Waals surface area contributed by atoms with Crippen molar-refractivity contribution in [3.63, 3.8) is 0 Å². The predicted octanol–water partition coefficient (Wildman–Crippen LogP) is 4.27. The molecule has 18 heavy (non-hydrogen) atoms. The fraction of sp³-hybridized carbons (Fsp3) is 0.200. The molecule has 0 bridgehead atoms. The molecule has 0 radical (unpaired) electrons. The minimum absolute atomic E-state index is 0.697. The van der Waals surface area contributed by atoms with E-state index >= 15 is 0 Å². The van der Waals surface area contributed by atoms with E-state index in [9.17, 15) is 0 Å². The van der Waals surface area contributed by atoms with Crippen LogP contribution in [0, 0.1) is 6.92 Å². The molecule has 3 heteroatoms. The molecule has 0 atom stereocenters. The molecule has 0 spiro atoms. The molecule has 1 N–H and O–H groups in total. The van der Waals surface area contributed by atoms with E-state index in [1.54, 1.807) is 7.11 Å². The molecule has 2 aromatic rings. The third-order valence-electron chi connectivity index (χ3n) is 2.73. The molecule has 0 heterocycles. The maximum atomic E-state index is 5.99. The van der Waals surface area contributed by atoms with Gasteiger partial charge in [-0.25, -0.2) is 0 Å². The molecular weight excluding hydrogens is 246 g/mol. The molecule has 0 amide bonds. The topological polar surface area (TPSA) is 21.3 Å². The number of nitrogens with one attached hydrogen (secondary N) is 1. The van der Waals surface area contributed by atoms with Gasteiger partial charge in [0.25, 0.3) is 0 Å². The van der Waals surface area contributed by atoms with Gasteiger partial charge in [-0.2, -0.15) is 0 Å². The summed E-state index contributed by atoms with van der Waals surface area (Å²) in [4.78, 5) is 0. The van der Waals surface area contributed by atoms with Crippen molar-refractivity contribution in [1.82, 2.24) is 0 Å². The lowest BCUT2D eigenvalue weighted by Crippen LogP contribution is -2.01. The molecule has 94 valence electrons. The SMILES string of the molecule is COc1ccc(Cl)cc1NCc1cccc(C)c1. The van der Waals surface area contributed by atoms with Crippen LogP contribution in [0.25, 0.3) is 0 Å². The van der Waals surface area contributed by atoms with Crippen LogP contribution in [-0.4, -0.2) is 7.11 Å². The molecular formula is C15H16ClNO. The van der Waals surface area contributed by atoms with Crippen LogP contribution in [0.5, 0.6) is 5.75 Å². The van der Waals surface area contributed by atoms with Gasteiger partial charge in [-0.05, 0) is 30.7 Å². The van der Waals surface area contributed by atoms with E-state index in [1.165, 1.54) is 11.1 Å². The number of aryl methyl sites for hydroxylation is 1. The summed E-state index contributed by atoms with van der Waals surface area (Å²) in [6.45, 7) is 2.84. The van der Waals surface area contributed by atoms with Crippen LogP contribution in [0.2, 0.25) is 5.02 Å². The second-order valence-electron chi connectivity index (χ2n) is 4.19. The Morgan fingerprint density at radius 3 is 2.72 bits per heavy atom. The van der Waals surface area contributed by atoms with Gasteiger partial charge in [0.15, 0.2) is 0 Å². The van der Waals surface area contributed by atoms with E-state index in [0.29, 0.717) is 5.02 Å². The number of anilines is 1.